The summed E-state index contributed by atoms with van der Waals surface area (Å²) in [5, 5.41) is 19.1. The fourth-order valence-corrected chi connectivity index (χ4v) is 3.05. The lowest BCUT2D eigenvalue weighted by molar-refractivity contribution is 0.0199. The van der Waals surface area contributed by atoms with Crippen molar-refractivity contribution in [3.8, 4) is 0 Å². The van der Waals surface area contributed by atoms with Crippen molar-refractivity contribution in [3.63, 3.8) is 0 Å². The number of rotatable bonds is 7. The van der Waals surface area contributed by atoms with Crippen LogP contribution in [-0.4, -0.2) is 47.0 Å². The first kappa shape index (κ1) is 15.9. The second-order valence-corrected chi connectivity index (χ2v) is 6.08. The van der Waals surface area contributed by atoms with Crippen LogP contribution in [0.3, 0.4) is 0 Å². The molecule has 0 radical (unpaired) electrons. The highest BCUT2D eigenvalue weighted by atomic mass is 16.3. The Morgan fingerprint density at radius 3 is 2.56 bits per heavy atom. The summed E-state index contributed by atoms with van der Waals surface area (Å²) >= 11 is 0. The van der Waals surface area contributed by atoms with Gasteiger partial charge in [-0.1, -0.05) is 13.3 Å². The van der Waals surface area contributed by atoms with Gasteiger partial charge in [0, 0.05) is 25.7 Å². The highest BCUT2D eigenvalue weighted by Gasteiger charge is 2.30. The Kier molecular flexibility index (Phi) is 7.20. The number of hydrogen-bond donors (Lipinski definition) is 2. The molecule has 0 aliphatic heterocycles. The van der Waals surface area contributed by atoms with E-state index in [-0.39, 0.29) is 12.7 Å². The molecule has 18 heavy (non-hydrogen) atoms. The van der Waals surface area contributed by atoms with Gasteiger partial charge in [-0.25, -0.2) is 0 Å². The van der Waals surface area contributed by atoms with E-state index in [0.717, 1.165) is 31.8 Å². The van der Waals surface area contributed by atoms with Gasteiger partial charge in [-0.05, 0) is 51.4 Å². The Balaban J connectivity index is 2.49. The predicted molar refractivity (Wildman–Crippen MR) is 75.5 cm³/mol. The van der Waals surface area contributed by atoms with Crippen molar-refractivity contribution < 1.29 is 10.2 Å². The summed E-state index contributed by atoms with van der Waals surface area (Å²) in [5.74, 6) is 1.22. The van der Waals surface area contributed by atoms with Crippen LogP contribution in [0.1, 0.15) is 52.9 Å². The minimum atomic E-state index is -0.122. The van der Waals surface area contributed by atoms with Gasteiger partial charge in [-0.2, -0.15) is 0 Å². The third kappa shape index (κ3) is 4.87. The van der Waals surface area contributed by atoms with Crippen LogP contribution in [-0.2, 0) is 0 Å². The Bertz CT molecular complexity index is 221. The molecule has 3 nitrogen and oxygen atoms in total. The van der Waals surface area contributed by atoms with Gasteiger partial charge in [0.1, 0.15) is 0 Å². The van der Waals surface area contributed by atoms with Gasteiger partial charge in [-0.15, -0.1) is 0 Å². The van der Waals surface area contributed by atoms with Crippen LogP contribution in [0.15, 0.2) is 0 Å². The van der Waals surface area contributed by atoms with E-state index in [1.165, 1.54) is 19.3 Å². The van der Waals surface area contributed by atoms with E-state index >= 15 is 0 Å². The predicted octanol–water partition coefficient (Wildman–Crippen LogP) is 2.27. The molecule has 0 aromatic carbocycles. The molecule has 3 heteroatoms. The van der Waals surface area contributed by atoms with Crippen molar-refractivity contribution in [3.05, 3.63) is 0 Å². The van der Waals surface area contributed by atoms with Crippen LogP contribution in [0, 0.1) is 11.8 Å². The molecule has 0 aromatic heterocycles. The van der Waals surface area contributed by atoms with Gasteiger partial charge < -0.3 is 15.1 Å². The number of nitrogens with zero attached hydrogens (tertiary/aromatic N) is 1. The van der Waals surface area contributed by atoms with Gasteiger partial charge >= 0.3 is 0 Å². The summed E-state index contributed by atoms with van der Waals surface area (Å²) in [4.78, 5) is 2.40. The maximum atomic E-state index is 10.2. The molecule has 1 rings (SSSR count). The van der Waals surface area contributed by atoms with Crippen LogP contribution in [0.25, 0.3) is 0 Å². The lowest BCUT2D eigenvalue weighted by Crippen LogP contribution is -2.42. The molecule has 0 saturated heterocycles. The van der Waals surface area contributed by atoms with E-state index in [9.17, 15) is 5.11 Å². The average molecular weight is 257 g/mol. The first-order chi connectivity index (χ1) is 8.58. The van der Waals surface area contributed by atoms with Crippen molar-refractivity contribution in [1.82, 2.24) is 4.90 Å². The molecule has 0 amide bonds. The normalized spacial score (nSPS) is 29.2. The molecule has 0 spiro atoms. The largest absolute Gasteiger partial charge is 0.396 e. The zero-order valence-corrected chi connectivity index (χ0v) is 12.3. The van der Waals surface area contributed by atoms with Crippen LogP contribution < -0.4 is 0 Å². The summed E-state index contributed by atoms with van der Waals surface area (Å²) in [6.07, 6.45) is 5.27. The van der Waals surface area contributed by atoms with E-state index in [0.29, 0.717) is 12.0 Å². The Morgan fingerprint density at radius 1 is 1.28 bits per heavy atom. The maximum Gasteiger partial charge on any atom is 0.0580 e. The standard InChI is InChI=1S/C15H31NO2/c1-4-13-6-7-15(18)14(10-13)11-16(12(2)3)8-5-9-17/h12-15,17-18H,4-11H2,1-3H3. The molecular weight excluding hydrogens is 226 g/mol. The molecule has 1 fully saturated rings. The molecule has 0 bridgehead atoms. The number of aliphatic hydroxyl groups excluding tert-OH is 2. The minimum Gasteiger partial charge on any atom is -0.396 e. The fraction of sp³-hybridized carbons (Fsp3) is 1.00. The quantitative estimate of drug-likeness (QED) is 0.735. The van der Waals surface area contributed by atoms with E-state index in [1.807, 2.05) is 0 Å². The average Bonchev–Trinajstić information content (AvgIpc) is 2.36. The third-order valence-corrected chi connectivity index (χ3v) is 4.43. The second-order valence-electron chi connectivity index (χ2n) is 6.08. The molecule has 1 aliphatic carbocycles. The molecule has 1 aliphatic rings. The highest BCUT2D eigenvalue weighted by molar-refractivity contribution is 4.82. The fourth-order valence-electron chi connectivity index (χ4n) is 3.05. The minimum absolute atomic E-state index is 0.122. The Hall–Kier alpha value is -0.120. The molecular formula is C15H31NO2. The van der Waals surface area contributed by atoms with Crippen molar-refractivity contribution in [2.75, 3.05) is 19.7 Å². The van der Waals surface area contributed by atoms with Crippen molar-refractivity contribution in [2.24, 2.45) is 11.8 Å². The molecule has 3 atom stereocenters. The van der Waals surface area contributed by atoms with Crippen molar-refractivity contribution in [2.45, 2.75) is 65.0 Å². The lowest BCUT2D eigenvalue weighted by atomic mass is 9.78. The third-order valence-electron chi connectivity index (χ3n) is 4.43. The molecule has 0 heterocycles. The summed E-state index contributed by atoms with van der Waals surface area (Å²) in [5.41, 5.74) is 0. The molecule has 108 valence electrons. The summed E-state index contributed by atoms with van der Waals surface area (Å²) < 4.78 is 0. The topological polar surface area (TPSA) is 43.7 Å². The van der Waals surface area contributed by atoms with Crippen LogP contribution in [0.2, 0.25) is 0 Å². The maximum absolute atomic E-state index is 10.2. The first-order valence-electron chi connectivity index (χ1n) is 7.61. The monoisotopic (exact) mass is 257 g/mol. The van der Waals surface area contributed by atoms with Gasteiger partial charge in [0.2, 0.25) is 0 Å². The van der Waals surface area contributed by atoms with Gasteiger partial charge in [0.25, 0.3) is 0 Å². The Morgan fingerprint density at radius 2 is 2.00 bits per heavy atom. The van der Waals surface area contributed by atoms with E-state index in [4.69, 9.17) is 5.11 Å². The Labute approximate surface area is 112 Å². The first-order valence-corrected chi connectivity index (χ1v) is 7.61. The SMILES string of the molecule is CCC1CCC(O)C(CN(CCCO)C(C)C)C1. The molecule has 2 N–H and O–H groups in total. The smallest absolute Gasteiger partial charge is 0.0580 e. The van der Waals surface area contributed by atoms with E-state index in [1.54, 1.807) is 0 Å². The molecule has 0 aromatic rings. The second kappa shape index (κ2) is 8.13. The van der Waals surface area contributed by atoms with Crippen LogP contribution in [0.4, 0.5) is 0 Å². The highest BCUT2D eigenvalue weighted by Crippen LogP contribution is 2.32. The van der Waals surface area contributed by atoms with Crippen molar-refractivity contribution in [1.29, 1.82) is 0 Å². The zero-order chi connectivity index (χ0) is 13.5. The van der Waals surface area contributed by atoms with Gasteiger partial charge in [-0.3, -0.25) is 0 Å². The van der Waals surface area contributed by atoms with Crippen LogP contribution >= 0.6 is 0 Å². The van der Waals surface area contributed by atoms with E-state index < -0.39 is 0 Å². The molecule has 1 saturated carbocycles. The van der Waals surface area contributed by atoms with Crippen LogP contribution in [0.5, 0.6) is 0 Å². The summed E-state index contributed by atoms with van der Waals surface area (Å²) in [6, 6.07) is 0.491. The van der Waals surface area contributed by atoms with Gasteiger partial charge in [0.15, 0.2) is 0 Å². The van der Waals surface area contributed by atoms with E-state index in [2.05, 4.69) is 25.7 Å². The molecule has 3 unspecified atom stereocenters. The van der Waals surface area contributed by atoms with Crippen molar-refractivity contribution >= 4 is 0 Å². The lowest BCUT2D eigenvalue weighted by Gasteiger charge is -2.37. The summed E-state index contributed by atoms with van der Waals surface area (Å²) in [6.45, 7) is 8.83. The van der Waals surface area contributed by atoms with Gasteiger partial charge in [0.05, 0.1) is 6.10 Å². The number of aliphatic hydroxyl groups is 2. The number of hydrogen-bond acceptors (Lipinski definition) is 3. The zero-order valence-electron chi connectivity index (χ0n) is 12.3. The summed E-state index contributed by atoms with van der Waals surface area (Å²) in [7, 11) is 0.